The van der Waals surface area contributed by atoms with Crippen LogP contribution in [0.15, 0.2) is 0 Å². The van der Waals surface area contributed by atoms with Gasteiger partial charge < -0.3 is 34.3 Å². The third-order valence-electron chi connectivity index (χ3n) is 31.6. The highest BCUT2D eigenvalue weighted by molar-refractivity contribution is 6.07. The van der Waals surface area contributed by atoms with Gasteiger partial charge in [0.2, 0.25) is 5.91 Å². The fourth-order valence-corrected chi connectivity index (χ4v) is 20.6. The number of nitrogen functional groups attached to an aromatic ring is 1. The van der Waals surface area contributed by atoms with Gasteiger partial charge in [-0.1, -0.05) is 20.8 Å². The number of hydrogen-bond acceptors (Lipinski definition) is 7. The zero-order chi connectivity index (χ0) is 99.2. The van der Waals surface area contributed by atoms with Gasteiger partial charge in [0.1, 0.15) is 0 Å². The minimum Gasteiger partial charge on any atom is -0.398 e. The van der Waals surface area contributed by atoms with Crippen LogP contribution in [-0.2, 0) is 52.2 Å². The molecule has 0 aliphatic carbocycles. The number of nitrogens with two attached hydrogens (primary N) is 1. The number of benzene rings is 8. The van der Waals surface area contributed by atoms with Crippen molar-refractivity contribution in [3.8, 4) is 0 Å². The molecule has 4 N–H and O–H groups in total. The summed E-state index contributed by atoms with van der Waals surface area (Å²) in [5.74, 6) is -0.377. The number of aromatic nitrogens is 5. The van der Waals surface area contributed by atoms with Gasteiger partial charge in [0.25, 0.3) is 5.69 Å². The number of Topliss-reactive ketones (excluding diaryl/α,β-unsaturated/α-hetero) is 3. The molecule has 13 aromatic rings. The molecule has 0 aliphatic rings. The van der Waals surface area contributed by atoms with E-state index < -0.39 is 4.92 Å². The number of carbonyl (C=O) groups excluding carboxylic acids is 4. The van der Waals surface area contributed by atoms with E-state index >= 15 is 0 Å². The van der Waals surface area contributed by atoms with E-state index in [2.05, 4.69) is 264 Å². The number of rotatable bonds is 8. The molecule has 0 aliphatic heterocycles. The highest BCUT2D eigenvalue weighted by Crippen LogP contribution is 2.42. The Kier molecular flexibility index (Phi) is 34.4. The first kappa shape index (κ1) is 107. The molecule has 14 heteroatoms. The van der Waals surface area contributed by atoms with Crippen molar-refractivity contribution < 1.29 is 24.1 Å². The van der Waals surface area contributed by atoms with E-state index in [-0.39, 0.29) is 34.5 Å². The number of H-pyrrole nitrogens is 1. The maximum atomic E-state index is 11.7. The maximum absolute atomic E-state index is 11.7. The van der Waals surface area contributed by atoms with Crippen LogP contribution in [0.5, 0.6) is 0 Å². The van der Waals surface area contributed by atoms with Gasteiger partial charge in [0.15, 0.2) is 17.3 Å². The maximum Gasteiger partial charge on any atom is 0.283 e. The quantitative estimate of drug-likeness (QED) is 0.0585. The topological polar surface area (TPSA) is 185 Å². The summed E-state index contributed by atoms with van der Waals surface area (Å²) in [5.41, 5.74) is 70.5. The molecule has 696 valence electrons. The van der Waals surface area contributed by atoms with E-state index in [0.717, 1.165) is 63.8 Å². The van der Waals surface area contributed by atoms with Gasteiger partial charge in [-0.05, 0) is 510 Å². The first-order chi connectivity index (χ1) is 59.5. The largest absolute Gasteiger partial charge is 0.398 e. The third kappa shape index (κ3) is 19.4. The first-order valence-corrected chi connectivity index (χ1v) is 46.2. The lowest BCUT2D eigenvalue weighted by atomic mass is 9.90. The predicted octanol–water partition coefficient (Wildman–Crippen LogP) is 29.7. The van der Waals surface area contributed by atoms with Crippen LogP contribution in [0.2, 0.25) is 0 Å². The summed E-state index contributed by atoms with van der Waals surface area (Å²) in [6.07, 6.45) is 3.32. The average molecular weight is 1750 g/mol. The van der Waals surface area contributed by atoms with Crippen LogP contribution >= 0.6 is 0 Å². The van der Waals surface area contributed by atoms with Gasteiger partial charge in [0.05, 0.1) is 38.2 Å². The summed E-state index contributed by atoms with van der Waals surface area (Å²) in [6, 6.07) is 0. The second-order valence-corrected chi connectivity index (χ2v) is 37.6. The van der Waals surface area contributed by atoms with Crippen LogP contribution in [0.25, 0.3) is 54.5 Å². The van der Waals surface area contributed by atoms with Gasteiger partial charge in [0, 0.05) is 118 Å². The summed E-state index contributed by atoms with van der Waals surface area (Å²) < 4.78 is 9.50. The summed E-state index contributed by atoms with van der Waals surface area (Å²) in [7, 11) is 8.78. The third-order valence-corrected chi connectivity index (χ3v) is 31.6. The van der Waals surface area contributed by atoms with Crippen LogP contribution in [-0.4, -0.2) is 51.4 Å². The van der Waals surface area contributed by atoms with Crippen molar-refractivity contribution in [2.45, 2.75) is 338 Å². The molecule has 14 nitrogen and oxygen atoms in total. The Hall–Kier alpha value is -10.9. The Labute approximate surface area is 775 Å². The van der Waals surface area contributed by atoms with Gasteiger partial charge in [-0.15, -0.1) is 0 Å². The van der Waals surface area contributed by atoms with E-state index in [1.54, 1.807) is 20.8 Å². The normalized spacial score (nSPS) is 11.0. The highest BCUT2D eigenvalue weighted by atomic mass is 16.6. The molecule has 0 radical (unpaired) electrons. The van der Waals surface area contributed by atoms with Gasteiger partial charge in [-0.25, -0.2) is 0 Å². The number of hydrogen-bond donors (Lipinski definition) is 3. The van der Waals surface area contributed by atoms with E-state index in [9.17, 15) is 29.3 Å². The Morgan fingerprint density at radius 3 is 0.837 bits per heavy atom. The number of nitro benzene ring substituents is 1. The molecule has 0 unspecified atom stereocenters. The van der Waals surface area contributed by atoms with Gasteiger partial charge in [-0.3, -0.25) is 29.3 Å². The number of aryl methyl sites for hydroxylation is 20. The van der Waals surface area contributed by atoms with Crippen molar-refractivity contribution in [2.75, 3.05) is 11.1 Å². The van der Waals surface area contributed by atoms with Crippen molar-refractivity contribution in [3.05, 3.63) is 261 Å². The van der Waals surface area contributed by atoms with Crippen molar-refractivity contribution >= 4 is 94.8 Å². The van der Waals surface area contributed by atoms with E-state index in [0.29, 0.717) is 33.6 Å². The molecule has 129 heavy (non-hydrogen) atoms. The van der Waals surface area contributed by atoms with Crippen LogP contribution in [0, 0.1) is 280 Å². The molecule has 5 heterocycles. The highest BCUT2D eigenvalue weighted by Gasteiger charge is 2.29. The Morgan fingerprint density at radius 1 is 0.287 bits per heavy atom. The second kappa shape index (κ2) is 41.5. The fourth-order valence-electron chi connectivity index (χ4n) is 20.6. The smallest absolute Gasteiger partial charge is 0.283 e. The molecular formula is C115H160N8O6. The number of ketones is 3. The molecule has 1 amide bonds. The Morgan fingerprint density at radius 2 is 0.535 bits per heavy atom. The van der Waals surface area contributed by atoms with Crippen molar-refractivity contribution in [2.24, 2.45) is 28.2 Å². The molecule has 8 aromatic carbocycles. The van der Waals surface area contributed by atoms with Crippen molar-refractivity contribution in [3.63, 3.8) is 0 Å². The van der Waals surface area contributed by atoms with Gasteiger partial charge in [-0.2, -0.15) is 0 Å². The second-order valence-electron chi connectivity index (χ2n) is 37.6. The van der Waals surface area contributed by atoms with Crippen molar-refractivity contribution in [1.29, 1.82) is 0 Å². The number of aromatic amines is 1. The number of carbonyl (C=O) groups is 4. The zero-order valence-corrected chi connectivity index (χ0v) is 89.4. The summed E-state index contributed by atoms with van der Waals surface area (Å²) >= 11 is 0. The average Bonchev–Trinajstić information content (AvgIpc) is 1.61. The zero-order valence-electron chi connectivity index (χ0n) is 89.4. The molecule has 0 saturated carbocycles. The molecule has 0 atom stereocenters. The standard InChI is InChI=1S/3C16H23N.C15H21N.C14H19NO2.C14H19N.C12H15NO3.C12H17NO/c3*1-8-14-13(6)15-11(4)9(2)10(3)12(5)16(15)17(14)7;1-8-9(2)11(4)15-14(10(8)3)12(5)13(6)16(15)7;1-7-8(2)10(4)14(15-12(6)17)13(9(7)3)11(5)16;1-7-8(2)10(4)14-13(9(7)3)11(5)12(6)15-14;1-6-7(2)9(4)12(13(15)16)11(8(6)3)10(5)14;1-6-7(2)9(4)12(13)11(8(6)3)10(5)14/h3*8H2,1-7H3;1-7H3;1-6H3,(H,15,17);15H,1-6H3;1-5H3;13H2,1-5H3. The first-order valence-electron chi connectivity index (χ1n) is 46.2. The van der Waals surface area contributed by atoms with E-state index in [1.807, 2.05) is 69.2 Å². The SMILES string of the molecule is CC(=O)Nc1c(C)c(C)c(C)c(C)c1C(C)=O.CC(=O)c1c(C)c(C)c(C)c(C)c1N.CC(=O)c1c(C)c(C)c(C)c(C)c1[N+](=O)[O-].CCc1c(C)c2c(C)c(C)c(C)c(C)c2n1C.CCc1c(C)c2c(C)c(C)c(C)c(C)c2n1C.CCc1c(C)c2c(C)c(C)c(C)c(C)c2n1C.Cc1[nH]c2c(C)c(C)c(C)c(C)c2c1C.Cc1c(C)c(C)c2c(c1C)c(C)c(C)n2C. The summed E-state index contributed by atoms with van der Waals surface area (Å²) in [6.45, 7) is 96.1. The minimum absolute atomic E-state index is 0.0162. The van der Waals surface area contributed by atoms with Crippen LogP contribution in [0.4, 0.5) is 17.1 Å². The number of fused-ring (bicyclic) bond motifs is 5. The van der Waals surface area contributed by atoms with Crippen molar-refractivity contribution in [1.82, 2.24) is 23.3 Å². The Balaban J connectivity index is 0.000000227. The lowest BCUT2D eigenvalue weighted by Gasteiger charge is -2.19. The van der Waals surface area contributed by atoms with Crippen LogP contribution < -0.4 is 11.1 Å². The van der Waals surface area contributed by atoms with Gasteiger partial charge >= 0.3 is 0 Å². The molecule has 0 bridgehead atoms. The monoisotopic (exact) mass is 1750 g/mol. The number of amides is 1. The lowest BCUT2D eigenvalue weighted by molar-refractivity contribution is -0.385. The molecule has 13 rings (SSSR count). The van der Waals surface area contributed by atoms with E-state index in [4.69, 9.17) is 5.73 Å². The lowest BCUT2D eigenvalue weighted by Crippen LogP contribution is -2.14. The molecular weight excluding hydrogens is 1590 g/mol. The predicted molar refractivity (Wildman–Crippen MR) is 558 cm³/mol. The number of nitrogens with zero attached hydrogens (tertiary/aromatic N) is 5. The fraction of sp³-hybridized carbons (Fsp3) is 0.461. The molecule has 0 fully saturated rings. The van der Waals surface area contributed by atoms with Crippen LogP contribution in [0.1, 0.15) is 314 Å². The summed E-state index contributed by atoms with van der Waals surface area (Å²) in [5, 5.41) is 21.1. The minimum atomic E-state index is -0.467. The summed E-state index contributed by atoms with van der Waals surface area (Å²) in [4.78, 5) is 59.9. The Bertz CT molecular complexity index is 6200. The molecule has 0 spiro atoms. The van der Waals surface area contributed by atoms with E-state index in [1.165, 1.54) is 254 Å². The molecule has 5 aromatic heterocycles. The number of anilines is 2. The van der Waals surface area contributed by atoms with Crippen LogP contribution in [0.3, 0.4) is 0 Å². The number of nitro groups is 1. The molecule has 0 saturated heterocycles. The number of nitrogens with one attached hydrogen (secondary N) is 2.